The number of hydrogen-bond donors (Lipinski definition) is 1. The molecular formula is C12H24N2O5S. The van der Waals surface area contributed by atoms with Gasteiger partial charge in [-0.2, -0.15) is 4.31 Å². The van der Waals surface area contributed by atoms with Crippen molar-refractivity contribution in [3.8, 4) is 0 Å². The van der Waals surface area contributed by atoms with Crippen molar-refractivity contribution in [1.82, 2.24) is 9.62 Å². The molecule has 1 aliphatic rings. The van der Waals surface area contributed by atoms with Gasteiger partial charge in [-0.3, -0.25) is 4.79 Å². The van der Waals surface area contributed by atoms with Crippen LogP contribution >= 0.6 is 0 Å². The molecular weight excluding hydrogens is 284 g/mol. The van der Waals surface area contributed by atoms with Crippen molar-refractivity contribution in [3.63, 3.8) is 0 Å². The van der Waals surface area contributed by atoms with Gasteiger partial charge in [-0.15, -0.1) is 0 Å². The molecule has 1 unspecified atom stereocenters. The van der Waals surface area contributed by atoms with E-state index in [1.54, 1.807) is 7.11 Å². The van der Waals surface area contributed by atoms with Crippen molar-refractivity contribution in [1.29, 1.82) is 0 Å². The molecule has 7 nitrogen and oxygen atoms in total. The third kappa shape index (κ3) is 6.65. The van der Waals surface area contributed by atoms with Crippen LogP contribution < -0.4 is 5.32 Å². The molecule has 0 aromatic carbocycles. The number of ether oxygens (including phenoxy) is 2. The van der Waals surface area contributed by atoms with E-state index in [0.717, 1.165) is 19.1 Å². The number of nitrogens with zero attached hydrogens (tertiary/aromatic N) is 1. The second kappa shape index (κ2) is 8.56. The summed E-state index contributed by atoms with van der Waals surface area (Å²) in [7, 11) is -1.82. The van der Waals surface area contributed by atoms with Gasteiger partial charge in [0.25, 0.3) is 0 Å². The molecule has 0 aromatic heterocycles. The summed E-state index contributed by atoms with van der Waals surface area (Å²) in [5.74, 6) is -0.301. The highest BCUT2D eigenvalue weighted by Crippen LogP contribution is 2.14. The van der Waals surface area contributed by atoms with Crippen LogP contribution in [-0.2, 0) is 24.3 Å². The summed E-state index contributed by atoms with van der Waals surface area (Å²) in [6.45, 7) is 1.78. The Kier molecular flexibility index (Phi) is 7.42. The molecule has 0 spiro atoms. The van der Waals surface area contributed by atoms with Crippen LogP contribution in [0.5, 0.6) is 0 Å². The molecule has 0 saturated carbocycles. The minimum Gasteiger partial charge on any atom is -0.385 e. The smallest absolute Gasteiger partial charge is 0.235 e. The molecule has 1 saturated heterocycles. The fourth-order valence-corrected chi connectivity index (χ4v) is 2.78. The van der Waals surface area contributed by atoms with Gasteiger partial charge in [0, 0.05) is 33.4 Å². The van der Waals surface area contributed by atoms with Gasteiger partial charge in [0.15, 0.2) is 0 Å². The van der Waals surface area contributed by atoms with Crippen molar-refractivity contribution in [2.24, 2.45) is 0 Å². The third-order valence-electron chi connectivity index (χ3n) is 3.07. The lowest BCUT2D eigenvalue weighted by atomic mass is 10.2. The maximum absolute atomic E-state index is 11.7. The first-order valence-electron chi connectivity index (χ1n) is 6.76. The van der Waals surface area contributed by atoms with Crippen LogP contribution in [0.2, 0.25) is 0 Å². The molecule has 0 radical (unpaired) electrons. The number of carbonyl (C=O) groups excluding carboxylic acids is 1. The first kappa shape index (κ1) is 17.4. The van der Waals surface area contributed by atoms with Crippen LogP contribution in [0.15, 0.2) is 0 Å². The molecule has 0 aromatic rings. The molecule has 1 aliphatic heterocycles. The van der Waals surface area contributed by atoms with Gasteiger partial charge in [-0.05, 0) is 19.3 Å². The van der Waals surface area contributed by atoms with Gasteiger partial charge >= 0.3 is 0 Å². The predicted molar refractivity (Wildman–Crippen MR) is 74.9 cm³/mol. The van der Waals surface area contributed by atoms with Crippen LogP contribution in [0.4, 0.5) is 0 Å². The van der Waals surface area contributed by atoms with Crippen LogP contribution in [-0.4, -0.2) is 70.9 Å². The van der Waals surface area contributed by atoms with E-state index in [2.05, 4.69) is 5.32 Å². The van der Waals surface area contributed by atoms with Crippen molar-refractivity contribution >= 4 is 15.9 Å². The number of sulfonamides is 1. The zero-order valence-electron chi connectivity index (χ0n) is 12.1. The second-order valence-corrected chi connectivity index (χ2v) is 6.87. The van der Waals surface area contributed by atoms with Crippen LogP contribution in [0.3, 0.4) is 0 Å². The second-order valence-electron chi connectivity index (χ2n) is 4.89. The summed E-state index contributed by atoms with van der Waals surface area (Å²) in [6, 6.07) is 0. The summed E-state index contributed by atoms with van der Waals surface area (Å²) < 4.78 is 34.9. The monoisotopic (exact) mass is 308 g/mol. The Labute approximate surface area is 120 Å². The van der Waals surface area contributed by atoms with E-state index in [0.29, 0.717) is 26.2 Å². The molecule has 1 heterocycles. The summed E-state index contributed by atoms with van der Waals surface area (Å²) >= 11 is 0. The van der Waals surface area contributed by atoms with Gasteiger partial charge in [-0.1, -0.05) is 0 Å². The van der Waals surface area contributed by atoms with E-state index in [9.17, 15) is 13.2 Å². The van der Waals surface area contributed by atoms with Crippen molar-refractivity contribution in [3.05, 3.63) is 0 Å². The maximum Gasteiger partial charge on any atom is 0.235 e. The molecule has 1 atom stereocenters. The zero-order chi connectivity index (χ0) is 15.0. The molecule has 8 heteroatoms. The van der Waals surface area contributed by atoms with Crippen molar-refractivity contribution in [2.45, 2.75) is 25.4 Å². The summed E-state index contributed by atoms with van der Waals surface area (Å²) in [6.07, 6.45) is 3.48. The number of amides is 1. The standard InChI is InChI=1S/C12H24N2O5S/c1-18-7-4-6-13-12(15)10-14(20(2,16)17)9-11-5-3-8-19-11/h11H,3-10H2,1-2H3,(H,13,15). The normalized spacial score (nSPS) is 19.4. The van der Waals surface area contributed by atoms with Crippen molar-refractivity contribution < 1.29 is 22.7 Å². The summed E-state index contributed by atoms with van der Waals surface area (Å²) in [4.78, 5) is 11.7. The minimum atomic E-state index is -3.41. The molecule has 1 rings (SSSR count). The highest BCUT2D eigenvalue weighted by molar-refractivity contribution is 7.88. The SMILES string of the molecule is COCCCNC(=O)CN(CC1CCCO1)S(C)(=O)=O. The number of hydrogen-bond acceptors (Lipinski definition) is 5. The topological polar surface area (TPSA) is 84.9 Å². The molecule has 1 N–H and O–H groups in total. The van der Waals surface area contributed by atoms with E-state index < -0.39 is 10.0 Å². The van der Waals surface area contributed by atoms with Gasteiger partial charge in [-0.25, -0.2) is 8.42 Å². The Hall–Kier alpha value is -0.700. The van der Waals surface area contributed by atoms with Crippen molar-refractivity contribution in [2.75, 3.05) is 46.2 Å². The Balaban J connectivity index is 2.41. The van der Waals surface area contributed by atoms with E-state index in [-0.39, 0.29) is 25.1 Å². The first-order chi connectivity index (χ1) is 9.43. The van der Waals surface area contributed by atoms with E-state index in [1.807, 2.05) is 0 Å². The molecule has 0 aliphatic carbocycles. The third-order valence-corrected chi connectivity index (χ3v) is 4.28. The Morgan fingerprint density at radius 1 is 1.50 bits per heavy atom. The average Bonchev–Trinajstić information content (AvgIpc) is 2.86. The number of nitrogens with one attached hydrogen (secondary N) is 1. The van der Waals surface area contributed by atoms with Crippen LogP contribution in [0.1, 0.15) is 19.3 Å². The first-order valence-corrected chi connectivity index (χ1v) is 8.60. The van der Waals surface area contributed by atoms with E-state index >= 15 is 0 Å². The molecule has 20 heavy (non-hydrogen) atoms. The summed E-state index contributed by atoms with van der Waals surface area (Å²) in [5.41, 5.74) is 0. The highest BCUT2D eigenvalue weighted by Gasteiger charge is 2.26. The average molecular weight is 308 g/mol. The fourth-order valence-electron chi connectivity index (χ4n) is 1.99. The Bertz CT molecular complexity index is 393. The van der Waals surface area contributed by atoms with Crippen LogP contribution in [0, 0.1) is 0 Å². The maximum atomic E-state index is 11.7. The largest absolute Gasteiger partial charge is 0.385 e. The van der Waals surface area contributed by atoms with Crippen LogP contribution in [0.25, 0.3) is 0 Å². The molecule has 1 fully saturated rings. The lowest BCUT2D eigenvalue weighted by Gasteiger charge is -2.22. The van der Waals surface area contributed by atoms with Gasteiger partial charge in [0.05, 0.1) is 18.9 Å². The number of methoxy groups -OCH3 is 1. The number of carbonyl (C=O) groups is 1. The molecule has 0 bridgehead atoms. The van der Waals surface area contributed by atoms with Gasteiger partial charge < -0.3 is 14.8 Å². The quantitative estimate of drug-likeness (QED) is 0.585. The fraction of sp³-hybridized carbons (Fsp3) is 0.917. The molecule has 1 amide bonds. The van der Waals surface area contributed by atoms with E-state index in [4.69, 9.17) is 9.47 Å². The Morgan fingerprint density at radius 2 is 2.25 bits per heavy atom. The Morgan fingerprint density at radius 3 is 2.80 bits per heavy atom. The lowest BCUT2D eigenvalue weighted by Crippen LogP contribution is -2.43. The number of rotatable bonds is 9. The molecule has 118 valence electrons. The zero-order valence-corrected chi connectivity index (χ0v) is 12.9. The van der Waals surface area contributed by atoms with Gasteiger partial charge in [0.2, 0.25) is 15.9 Å². The predicted octanol–water partition coefficient (Wildman–Crippen LogP) is -0.420. The highest BCUT2D eigenvalue weighted by atomic mass is 32.2. The lowest BCUT2D eigenvalue weighted by molar-refractivity contribution is -0.121. The summed E-state index contributed by atoms with van der Waals surface area (Å²) in [5, 5.41) is 2.68. The minimum absolute atomic E-state index is 0.106. The van der Waals surface area contributed by atoms with E-state index in [1.165, 1.54) is 4.31 Å². The van der Waals surface area contributed by atoms with Gasteiger partial charge in [0.1, 0.15) is 0 Å².